The van der Waals surface area contributed by atoms with Crippen molar-refractivity contribution in [2.24, 2.45) is 0 Å². The molecule has 2 N–H and O–H groups in total. The summed E-state index contributed by atoms with van der Waals surface area (Å²) < 4.78 is 28.6. The zero-order chi connectivity index (χ0) is 16.8. The van der Waals surface area contributed by atoms with E-state index in [1.165, 1.54) is 0 Å². The van der Waals surface area contributed by atoms with Gasteiger partial charge in [-0.3, -0.25) is 4.79 Å². The molecule has 0 aliphatic carbocycles. The Hall–Kier alpha value is -1.95. The standard InChI is InChI=1S/C15H18N4O3S/c1-10(2)18-23(21,22)19-9-15(7-11(19)8-16)12-5-3-4-6-13(12)17-14(15)20/h3-6,10-11,18H,7,9H2,1-2H3,(H,17,20)/t11-,15-/m0/s1. The number of nitriles is 1. The zero-order valence-corrected chi connectivity index (χ0v) is 13.7. The van der Waals surface area contributed by atoms with E-state index in [0.29, 0.717) is 5.69 Å². The number of nitrogens with one attached hydrogen (secondary N) is 2. The highest BCUT2D eigenvalue weighted by Crippen LogP contribution is 2.46. The fourth-order valence-corrected chi connectivity index (χ4v) is 4.91. The van der Waals surface area contributed by atoms with Crippen molar-refractivity contribution in [3.8, 4) is 6.07 Å². The summed E-state index contributed by atoms with van der Waals surface area (Å²) in [5.41, 5.74) is 0.445. The summed E-state index contributed by atoms with van der Waals surface area (Å²) in [7, 11) is -3.83. The number of para-hydroxylation sites is 1. The van der Waals surface area contributed by atoms with Crippen molar-refractivity contribution in [2.45, 2.75) is 37.8 Å². The topological polar surface area (TPSA) is 102 Å². The van der Waals surface area contributed by atoms with Gasteiger partial charge >= 0.3 is 0 Å². The molecule has 8 heteroatoms. The van der Waals surface area contributed by atoms with Gasteiger partial charge in [-0.1, -0.05) is 18.2 Å². The van der Waals surface area contributed by atoms with Crippen molar-refractivity contribution < 1.29 is 13.2 Å². The second kappa shape index (κ2) is 5.30. The predicted molar refractivity (Wildman–Crippen MR) is 84.7 cm³/mol. The van der Waals surface area contributed by atoms with Crippen LogP contribution in [-0.2, 0) is 20.4 Å². The molecule has 0 radical (unpaired) electrons. The Balaban J connectivity index is 2.03. The minimum Gasteiger partial charge on any atom is -0.325 e. The normalized spacial score (nSPS) is 27.2. The molecule has 2 aliphatic heterocycles. The number of hydrogen-bond donors (Lipinski definition) is 2. The number of carbonyl (C=O) groups is 1. The van der Waals surface area contributed by atoms with Crippen LogP contribution in [0.2, 0.25) is 0 Å². The van der Waals surface area contributed by atoms with Crippen molar-refractivity contribution in [1.82, 2.24) is 9.03 Å². The number of amides is 1. The highest BCUT2D eigenvalue weighted by atomic mass is 32.2. The second-order valence-corrected chi connectivity index (χ2v) is 7.91. The van der Waals surface area contributed by atoms with E-state index in [9.17, 15) is 18.5 Å². The quantitative estimate of drug-likeness (QED) is 0.850. The fraction of sp³-hybridized carbons (Fsp3) is 0.467. The Labute approximate surface area is 135 Å². The summed E-state index contributed by atoms with van der Waals surface area (Å²) in [5.74, 6) is -0.249. The highest BCUT2D eigenvalue weighted by molar-refractivity contribution is 7.87. The van der Waals surface area contributed by atoms with Gasteiger partial charge in [0.25, 0.3) is 10.2 Å². The Bertz CT molecular complexity index is 799. The van der Waals surface area contributed by atoms with E-state index in [-0.39, 0.29) is 24.9 Å². The van der Waals surface area contributed by atoms with Crippen LogP contribution in [0.25, 0.3) is 0 Å². The lowest BCUT2D eigenvalue weighted by Gasteiger charge is -2.23. The molecule has 7 nitrogen and oxygen atoms in total. The molecule has 0 unspecified atom stereocenters. The van der Waals surface area contributed by atoms with Crippen LogP contribution in [0.4, 0.5) is 5.69 Å². The van der Waals surface area contributed by atoms with Gasteiger partial charge in [0.2, 0.25) is 5.91 Å². The van der Waals surface area contributed by atoms with Crippen molar-refractivity contribution in [3.05, 3.63) is 29.8 Å². The summed E-state index contributed by atoms with van der Waals surface area (Å²) in [6, 6.07) is 8.08. The number of fused-ring (bicyclic) bond motifs is 2. The van der Waals surface area contributed by atoms with Crippen LogP contribution >= 0.6 is 0 Å². The third-order valence-corrected chi connectivity index (χ3v) is 6.05. The van der Waals surface area contributed by atoms with Gasteiger partial charge in [-0.05, 0) is 31.9 Å². The van der Waals surface area contributed by atoms with Crippen LogP contribution in [0.3, 0.4) is 0 Å². The van der Waals surface area contributed by atoms with E-state index in [0.717, 1.165) is 9.87 Å². The largest absolute Gasteiger partial charge is 0.325 e. The molecule has 122 valence electrons. The number of rotatable bonds is 3. The maximum absolute atomic E-state index is 12.5. The zero-order valence-electron chi connectivity index (χ0n) is 12.9. The maximum Gasteiger partial charge on any atom is 0.280 e. The minimum atomic E-state index is -3.83. The van der Waals surface area contributed by atoms with E-state index in [1.54, 1.807) is 19.9 Å². The van der Waals surface area contributed by atoms with E-state index in [4.69, 9.17) is 0 Å². The van der Waals surface area contributed by atoms with Gasteiger partial charge in [-0.15, -0.1) is 0 Å². The van der Waals surface area contributed by atoms with Crippen LogP contribution in [0.15, 0.2) is 24.3 Å². The lowest BCUT2D eigenvalue weighted by atomic mass is 9.80. The second-order valence-electron chi connectivity index (χ2n) is 6.25. The van der Waals surface area contributed by atoms with Crippen molar-refractivity contribution in [3.63, 3.8) is 0 Å². The molecule has 0 aromatic heterocycles. The molecular formula is C15H18N4O3S. The van der Waals surface area contributed by atoms with Crippen LogP contribution in [0.1, 0.15) is 25.8 Å². The van der Waals surface area contributed by atoms with Crippen LogP contribution in [-0.4, -0.2) is 37.3 Å². The van der Waals surface area contributed by atoms with Crippen LogP contribution < -0.4 is 10.0 Å². The molecular weight excluding hydrogens is 316 g/mol. The molecule has 3 rings (SSSR count). The SMILES string of the molecule is CC(C)NS(=O)(=O)N1C[C@]2(C[C@H]1C#N)C(=O)Nc1ccccc12. The average molecular weight is 334 g/mol. The first-order chi connectivity index (χ1) is 10.8. The van der Waals surface area contributed by atoms with Gasteiger partial charge in [-0.25, -0.2) is 0 Å². The van der Waals surface area contributed by atoms with E-state index >= 15 is 0 Å². The third-order valence-electron chi connectivity index (χ3n) is 4.28. The van der Waals surface area contributed by atoms with Gasteiger partial charge in [0.15, 0.2) is 0 Å². The highest BCUT2D eigenvalue weighted by Gasteiger charge is 2.57. The van der Waals surface area contributed by atoms with E-state index in [2.05, 4.69) is 10.0 Å². The fourth-order valence-electron chi connectivity index (χ4n) is 3.33. The molecule has 2 heterocycles. The van der Waals surface area contributed by atoms with Crippen molar-refractivity contribution in [1.29, 1.82) is 5.26 Å². The molecule has 2 atom stereocenters. The summed E-state index contributed by atoms with van der Waals surface area (Å²) in [4.78, 5) is 12.5. The van der Waals surface area contributed by atoms with Gasteiger partial charge in [0.1, 0.15) is 6.04 Å². The molecule has 0 bridgehead atoms. The summed E-state index contributed by atoms with van der Waals surface area (Å²) >= 11 is 0. The average Bonchev–Trinajstić information content (AvgIpc) is 2.99. The number of anilines is 1. The number of nitrogens with zero attached hydrogens (tertiary/aromatic N) is 2. The smallest absolute Gasteiger partial charge is 0.280 e. The number of benzene rings is 1. The van der Waals surface area contributed by atoms with Crippen LogP contribution in [0, 0.1) is 11.3 Å². The summed E-state index contributed by atoms with van der Waals surface area (Å²) in [6.07, 6.45) is 0.158. The number of carbonyl (C=O) groups excluding carboxylic acids is 1. The molecule has 23 heavy (non-hydrogen) atoms. The first-order valence-electron chi connectivity index (χ1n) is 7.40. The van der Waals surface area contributed by atoms with Gasteiger partial charge < -0.3 is 5.32 Å². The van der Waals surface area contributed by atoms with Crippen molar-refractivity contribution in [2.75, 3.05) is 11.9 Å². The van der Waals surface area contributed by atoms with Gasteiger partial charge in [0.05, 0.1) is 11.5 Å². The Morgan fingerprint density at radius 1 is 1.43 bits per heavy atom. The molecule has 1 spiro atoms. The molecule has 0 saturated carbocycles. The lowest BCUT2D eigenvalue weighted by Crippen LogP contribution is -2.47. The monoisotopic (exact) mass is 334 g/mol. The molecule has 1 aromatic rings. The van der Waals surface area contributed by atoms with Gasteiger partial charge in [0, 0.05) is 18.3 Å². The maximum atomic E-state index is 12.5. The Kier molecular flexibility index (Phi) is 3.67. The third kappa shape index (κ3) is 2.41. The van der Waals surface area contributed by atoms with Crippen LogP contribution in [0.5, 0.6) is 0 Å². The summed E-state index contributed by atoms with van der Waals surface area (Å²) in [5, 5.41) is 12.2. The Morgan fingerprint density at radius 3 is 2.78 bits per heavy atom. The minimum absolute atomic E-state index is 0.0316. The predicted octanol–water partition coefficient (Wildman–Crippen LogP) is 0.717. The van der Waals surface area contributed by atoms with E-state index in [1.807, 2.05) is 24.3 Å². The number of hydrogen-bond acceptors (Lipinski definition) is 4. The molecule has 2 aliphatic rings. The van der Waals surface area contributed by atoms with Gasteiger partial charge in [-0.2, -0.15) is 22.7 Å². The Morgan fingerprint density at radius 2 is 2.13 bits per heavy atom. The molecule has 1 aromatic carbocycles. The molecule has 1 saturated heterocycles. The van der Waals surface area contributed by atoms with Crippen molar-refractivity contribution >= 4 is 21.8 Å². The summed E-state index contributed by atoms with van der Waals surface area (Å²) in [6.45, 7) is 3.39. The molecule has 1 amide bonds. The lowest BCUT2D eigenvalue weighted by molar-refractivity contribution is -0.120. The van der Waals surface area contributed by atoms with E-state index < -0.39 is 21.7 Å². The first-order valence-corrected chi connectivity index (χ1v) is 8.84. The first kappa shape index (κ1) is 15.9. The molecule has 1 fully saturated rings.